The van der Waals surface area contributed by atoms with E-state index in [9.17, 15) is 4.79 Å². The minimum absolute atomic E-state index is 0.161. The Kier molecular flexibility index (Phi) is 10.3. The highest BCUT2D eigenvalue weighted by molar-refractivity contribution is 9.10. The lowest BCUT2D eigenvalue weighted by Gasteiger charge is -2.21. The van der Waals surface area contributed by atoms with Crippen LogP contribution >= 0.6 is 15.9 Å². The number of benzene rings is 6. The van der Waals surface area contributed by atoms with Crippen LogP contribution in [0.25, 0.3) is 6.08 Å². The summed E-state index contributed by atoms with van der Waals surface area (Å²) in [5.74, 6) is 1.61. The predicted octanol–water partition coefficient (Wildman–Crippen LogP) is 10.7. The van der Waals surface area contributed by atoms with Crippen LogP contribution in [-0.2, 0) is 0 Å². The molecule has 47 heavy (non-hydrogen) atoms. The van der Waals surface area contributed by atoms with E-state index in [0.29, 0.717) is 27.3 Å². The molecule has 6 rings (SSSR count). The van der Waals surface area contributed by atoms with E-state index in [1.807, 2.05) is 127 Å². The molecule has 5 heteroatoms. The molecule has 0 spiro atoms. The maximum Gasteiger partial charge on any atom is 0.187 e. The lowest BCUT2D eigenvalue weighted by Crippen LogP contribution is -2.10. The van der Waals surface area contributed by atoms with E-state index in [1.54, 1.807) is 25.3 Å². The van der Waals surface area contributed by atoms with E-state index < -0.39 is 0 Å². The lowest BCUT2D eigenvalue weighted by molar-refractivity contribution is 0.104. The van der Waals surface area contributed by atoms with Crippen molar-refractivity contribution in [1.82, 2.24) is 0 Å². The standard InChI is InChI=1S/C42H33BrO4/c1-45-40-28-30(23-27-39(40)47-42(33-18-10-4-11-19-33)34-20-12-5-13-21-34)22-26-38(44)36-29-35(24-25-37(36)43)46-41(31-14-6-2-7-15-31)32-16-8-3-9-17-32/h2-29,41-42H,1H3/b26-22+. The van der Waals surface area contributed by atoms with Crippen molar-refractivity contribution >= 4 is 27.8 Å². The first-order valence-electron chi connectivity index (χ1n) is 15.3. The van der Waals surface area contributed by atoms with E-state index in [-0.39, 0.29) is 18.0 Å². The van der Waals surface area contributed by atoms with Crippen molar-refractivity contribution in [3.8, 4) is 17.2 Å². The molecule has 0 aromatic heterocycles. The maximum atomic E-state index is 13.5. The fourth-order valence-corrected chi connectivity index (χ4v) is 5.79. The number of carbonyl (C=O) groups is 1. The van der Waals surface area contributed by atoms with Gasteiger partial charge in [0, 0.05) is 10.0 Å². The molecule has 0 aliphatic carbocycles. The van der Waals surface area contributed by atoms with Crippen LogP contribution in [0.15, 0.2) is 168 Å². The van der Waals surface area contributed by atoms with Crippen molar-refractivity contribution in [2.75, 3.05) is 7.11 Å². The second kappa shape index (κ2) is 15.3. The highest BCUT2D eigenvalue weighted by atomic mass is 79.9. The van der Waals surface area contributed by atoms with Gasteiger partial charge in [0.25, 0.3) is 0 Å². The molecule has 0 bridgehead atoms. The second-order valence-electron chi connectivity index (χ2n) is 10.9. The summed E-state index contributed by atoms with van der Waals surface area (Å²) in [7, 11) is 1.61. The van der Waals surface area contributed by atoms with Gasteiger partial charge in [0.1, 0.15) is 18.0 Å². The maximum absolute atomic E-state index is 13.5. The molecular weight excluding hydrogens is 648 g/mol. The number of ether oxygens (including phenoxy) is 3. The summed E-state index contributed by atoms with van der Waals surface area (Å²) in [4.78, 5) is 13.5. The molecule has 6 aromatic carbocycles. The van der Waals surface area contributed by atoms with Gasteiger partial charge >= 0.3 is 0 Å². The Bertz CT molecular complexity index is 1860. The molecule has 232 valence electrons. The number of carbonyl (C=O) groups excluding carboxylic acids is 1. The van der Waals surface area contributed by atoms with Gasteiger partial charge < -0.3 is 14.2 Å². The van der Waals surface area contributed by atoms with Crippen LogP contribution in [0.4, 0.5) is 0 Å². The van der Waals surface area contributed by atoms with Crippen LogP contribution in [-0.4, -0.2) is 12.9 Å². The van der Waals surface area contributed by atoms with Gasteiger partial charge in [0.2, 0.25) is 0 Å². The van der Waals surface area contributed by atoms with Crippen LogP contribution in [0, 0.1) is 0 Å². The normalized spacial score (nSPS) is 11.1. The van der Waals surface area contributed by atoms with Crippen molar-refractivity contribution in [1.29, 1.82) is 0 Å². The van der Waals surface area contributed by atoms with Crippen molar-refractivity contribution in [2.24, 2.45) is 0 Å². The Morgan fingerprint density at radius 1 is 0.574 bits per heavy atom. The van der Waals surface area contributed by atoms with Crippen molar-refractivity contribution < 1.29 is 19.0 Å². The number of halogens is 1. The summed E-state index contributed by atoms with van der Waals surface area (Å²) < 4.78 is 19.5. The van der Waals surface area contributed by atoms with Crippen LogP contribution in [0.1, 0.15) is 50.4 Å². The summed E-state index contributed by atoms with van der Waals surface area (Å²) in [6, 6.07) is 51.4. The summed E-state index contributed by atoms with van der Waals surface area (Å²) in [6.45, 7) is 0. The number of methoxy groups -OCH3 is 1. The molecule has 0 aliphatic rings. The summed E-state index contributed by atoms with van der Waals surface area (Å²) in [5.41, 5.74) is 5.41. The Labute approximate surface area is 284 Å². The van der Waals surface area contributed by atoms with E-state index in [2.05, 4.69) is 40.2 Å². The SMILES string of the molecule is COc1cc(/C=C/C(=O)c2cc(OC(c3ccccc3)c3ccccc3)ccc2Br)ccc1OC(c1ccccc1)c1ccccc1. The minimum Gasteiger partial charge on any atom is -0.493 e. The van der Waals surface area contributed by atoms with Gasteiger partial charge in [0.15, 0.2) is 17.3 Å². The van der Waals surface area contributed by atoms with Crippen LogP contribution in [0.5, 0.6) is 17.2 Å². The van der Waals surface area contributed by atoms with Crippen molar-refractivity contribution in [3.05, 3.63) is 202 Å². The highest BCUT2D eigenvalue weighted by Gasteiger charge is 2.19. The number of hydrogen-bond acceptors (Lipinski definition) is 4. The zero-order chi connectivity index (χ0) is 32.4. The largest absolute Gasteiger partial charge is 0.493 e. The quantitative estimate of drug-likeness (QED) is 0.0953. The molecule has 4 nitrogen and oxygen atoms in total. The van der Waals surface area contributed by atoms with Crippen LogP contribution < -0.4 is 14.2 Å². The third-order valence-electron chi connectivity index (χ3n) is 7.73. The average Bonchev–Trinajstić information content (AvgIpc) is 3.14. The van der Waals surface area contributed by atoms with Gasteiger partial charge in [0.05, 0.1) is 7.11 Å². The van der Waals surface area contributed by atoms with Gasteiger partial charge in [-0.1, -0.05) is 149 Å². The monoisotopic (exact) mass is 680 g/mol. The fourth-order valence-electron chi connectivity index (χ4n) is 5.34. The first-order chi connectivity index (χ1) is 23.1. The molecule has 0 unspecified atom stereocenters. The topological polar surface area (TPSA) is 44.8 Å². The Morgan fingerprint density at radius 3 is 1.55 bits per heavy atom. The smallest absolute Gasteiger partial charge is 0.187 e. The van der Waals surface area contributed by atoms with Gasteiger partial charge in [-0.3, -0.25) is 4.79 Å². The van der Waals surface area contributed by atoms with Crippen LogP contribution in [0.2, 0.25) is 0 Å². The second-order valence-corrected chi connectivity index (χ2v) is 11.7. The fraction of sp³-hybridized carbons (Fsp3) is 0.0714. The molecule has 0 saturated carbocycles. The molecule has 0 atom stereocenters. The summed E-state index contributed by atoms with van der Waals surface area (Å²) in [5, 5.41) is 0. The van der Waals surface area contributed by atoms with Crippen molar-refractivity contribution in [2.45, 2.75) is 12.2 Å². The third kappa shape index (κ3) is 7.89. The Morgan fingerprint density at radius 2 is 1.06 bits per heavy atom. The first-order valence-corrected chi connectivity index (χ1v) is 16.1. The zero-order valence-electron chi connectivity index (χ0n) is 25.8. The highest BCUT2D eigenvalue weighted by Crippen LogP contribution is 2.36. The van der Waals surface area contributed by atoms with Crippen molar-refractivity contribution in [3.63, 3.8) is 0 Å². The number of ketones is 1. The number of rotatable bonds is 12. The van der Waals surface area contributed by atoms with Gasteiger partial charge in [-0.2, -0.15) is 0 Å². The molecule has 6 aromatic rings. The number of allylic oxidation sites excluding steroid dienone is 1. The summed E-state index contributed by atoms with van der Waals surface area (Å²) in [6.07, 6.45) is 2.69. The Balaban J connectivity index is 1.22. The average molecular weight is 682 g/mol. The molecule has 0 amide bonds. The van der Waals surface area contributed by atoms with Gasteiger partial charge in [-0.05, 0) is 64.2 Å². The molecule has 0 radical (unpaired) electrons. The number of hydrogen-bond donors (Lipinski definition) is 0. The molecular formula is C42H33BrO4. The van der Waals surface area contributed by atoms with Gasteiger partial charge in [-0.25, -0.2) is 0 Å². The predicted molar refractivity (Wildman–Crippen MR) is 191 cm³/mol. The Hall–Kier alpha value is -5.39. The van der Waals surface area contributed by atoms with E-state index in [4.69, 9.17) is 14.2 Å². The van der Waals surface area contributed by atoms with Crippen LogP contribution in [0.3, 0.4) is 0 Å². The molecule has 0 heterocycles. The molecule has 0 saturated heterocycles. The van der Waals surface area contributed by atoms with Gasteiger partial charge in [-0.15, -0.1) is 0 Å². The minimum atomic E-state index is -0.325. The zero-order valence-corrected chi connectivity index (χ0v) is 27.4. The van der Waals surface area contributed by atoms with E-state index in [0.717, 1.165) is 27.8 Å². The summed E-state index contributed by atoms with van der Waals surface area (Å²) >= 11 is 3.56. The van der Waals surface area contributed by atoms with E-state index >= 15 is 0 Å². The first kappa shape index (κ1) is 31.6. The lowest BCUT2D eigenvalue weighted by atomic mass is 10.0. The molecule has 0 N–H and O–H groups in total. The molecule has 0 fully saturated rings. The van der Waals surface area contributed by atoms with E-state index in [1.165, 1.54) is 0 Å². The molecule has 0 aliphatic heterocycles. The third-order valence-corrected chi connectivity index (χ3v) is 8.42.